The van der Waals surface area contributed by atoms with E-state index in [1.54, 1.807) is 13.0 Å². The number of carbonyl (C=O) groups is 1. The Balaban J connectivity index is 2.00. The molecule has 2 rings (SSSR count). The molecular weight excluding hydrogens is 270 g/mol. The van der Waals surface area contributed by atoms with Gasteiger partial charge < -0.3 is 20.1 Å². The van der Waals surface area contributed by atoms with Gasteiger partial charge in [-0.15, -0.1) is 0 Å². The van der Waals surface area contributed by atoms with E-state index in [4.69, 9.17) is 4.74 Å². The highest BCUT2D eigenvalue weighted by Crippen LogP contribution is 2.19. The molecule has 20 heavy (non-hydrogen) atoms. The minimum atomic E-state index is -2.89. The first-order valence-corrected chi connectivity index (χ1v) is 6.27. The summed E-state index contributed by atoms with van der Waals surface area (Å²) in [5.41, 5.74) is 0.396. The van der Waals surface area contributed by atoms with E-state index < -0.39 is 12.7 Å². The van der Waals surface area contributed by atoms with Crippen LogP contribution < -0.4 is 15.4 Å². The van der Waals surface area contributed by atoms with Gasteiger partial charge in [0.25, 0.3) is 0 Å². The maximum atomic E-state index is 12.1. The van der Waals surface area contributed by atoms with E-state index in [1.165, 1.54) is 18.2 Å². The van der Waals surface area contributed by atoms with Gasteiger partial charge in [-0.2, -0.15) is 8.78 Å². The lowest BCUT2D eigenvalue weighted by molar-refractivity contribution is -0.123. The zero-order valence-electron chi connectivity index (χ0n) is 10.9. The quantitative estimate of drug-likeness (QED) is 0.882. The van der Waals surface area contributed by atoms with Gasteiger partial charge >= 0.3 is 6.61 Å². The lowest BCUT2D eigenvalue weighted by atomic mass is 10.1. The molecule has 0 unspecified atom stereocenters. The van der Waals surface area contributed by atoms with Crippen LogP contribution in [0.15, 0.2) is 24.3 Å². The van der Waals surface area contributed by atoms with Crippen LogP contribution in [0.1, 0.15) is 6.92 Å². The third kappa shape index (κ3) is 3.88. The fourth-order valence-electron chi connectivity index (χ4n) is 2.00. The third-order valence-electron chi connectivity index (χ3n) is 2.93. The summed E-state index contributed by atoms with van der Waals surface area (Å²) in [5, 5.41) is 5.70. The number of hydrogen-bond donors (Lipinski definition) is 2. The number of alkyl halides is 2. The number of anilines is 1. The molecule has 1 aromatic rings. The highest BCUT2D eigenvalue weighted by molar-refractivity contribution is 5.95. The van der Waals surface area contributed by atoms with E-state index in [9.17, 15) is 13.6 Å². The van der Waals surface area contributed by atoms with Crippen molar-refractivity contribution >= 4 is 11.6 Å². The average molecular weight is 286 g/mol. The zero-order valence-corrected chi connectivity index (χ0v) is 10.9. The van der Waals surface area contributed by atoms with Crippen molar-refractivity contribution in [2.75, 3.05) is 18.5 Å². The first-order valence-electron chi connectivity index (χ1n) is 6.27. The Morgan fingerprint density at radius 3 is 3.05 bits per heavy atom. The minimum Gasteiger partial charge on any atom is -0.435 e. The van der Waals surface area contributed by atoms with E-state index in [0.717, 1.165) is 0 Å². The molecular formula is C13H16F2N2O3. The fourth-order valence-corrected chi connectivity index (χ4v) is 2.00. The van der Waals surface area contributed by atoms with Crippen molar-refractivity contribution in [3.8, 4) is 5.75 Å². The average Bonchev–Trinajstić information content (AvgIpc) is 2.38. The minimum absolute atomic E-state index is 0.00120. The van der Waals surface area contributed by atoms with Crippen molar-refractivity contribution < 1.29 is 23.0 Å². The number of ether oxygens (including phenoxy) is 2. The molecule has 1 aliphatic heterocycles. The molecule has 0 aromatic heterocycles. The maximum Gasteiger partial charge on any atom is 0.387 e. The van der Waals surface area contributed by atoms with Gasteiger partial charge in [-0.05, 0) is 19.1 Å². The smallest absolute Gasteiger partial charge is 0.387 e. The molecule has 0 saturated carbocycles. The van der Waals surface area contributed by atoms with Crippen molar-refractivity contribution in [3.05, 3.63) is 24.3 Å². The van der Waals surface area contributed by atoms with Crippen LogP contribution in [-0.2, 0) is 9.53 Å². The molecule has 5 nitrogen and oxygen atoms in total. The Bertz CT molecular complexity index is 471. The molecule has 2 atom stereocenters. The van der Waals surface area contributed by atoms with Crippen molar-refractivity contribution in [2.45, 2.75) is 25.7 Å². The van der Waals surface area contributed by atoms with E-state index in [0.29, 0.717) is 18.8 Å². The standard InChI is InChI=1S/C13H16F2N2O3/c1-8-11(16-5-6-19-8)12(18)17-9-3-2-4-10(7-9)20-13(14)15/h2-4,7-8,11,13,16H,5-6H2,1H3,(H,17,18)/t8-,11+/m1/s1. The molecule has 1 heterocycles. The van der Waals surface area contributed by atoms with Crippen molar-refractivity contribution in [1.82, 2.24) is 5.32 Å². The summed E-state index contributed by atoms with van der Waals surface area (Å²) in [6, 6.07) is 5.40. The Hall–Kier alpha value is -1.73. The van der Waals surface area contributed by atoms with Gasteiger partial charge in [0.2, 0.25) is 5.91 Å². The molecule has 0 aliphatic carbocycles. The lowest BCUT2D eigenvalue weighted by Gasteiger charge is -2.29. The predicted octanol–water partition coefficient (Wildman–Crippen LogP) is 1.60. The van der Waals surface area contributed by atoms with Crippen molar-refractivity contribution in [1.29, 1.82) is 0 Å². The second-order valence-electron chi connectivity index (χ2n) is 4.40. The van der Waals surface area contributed by atoms with Gasteiger partial charge in [-0.3, -0.25) is 4.79 Å². The Labute approximate surface area is 115 Å². The van der Waals surface area contributed by atoms with Gasteiger partial charge in [0.05, 0.1) is 12.7 Å². The summed E-state index contributed by atoms with van der Waals surface area (Å²) in [6.07, 6.45) is -0.246. The molecule has 0 spiro atoms. The largest absolute Gasteiger partial charge is 0.435 e. The van der Waals surface area contributed by atoms with Crippen LogP contribution >= 0.6 is 0 Å². The lowest BCUT2D eigenvalue weighted by Crippen LogP contribution is -2.53. The van der Waals surface area contributed by atoms with E-state index in [1.807, 2.05) is 0 Å². The van der Waals surface area contributed by atoms with Crippen LogP contribution in [0.3, 0.4) is 0 Å². The third-order valence-corrected chi connectivity index (χ3v) is 2.93. The number of hydrogen-bond acceptors (Lipinski definition) is 4. The van der Waals surface area contributed by atoms with Crippen LogP contribution in [-0.4, -0.2) is 37.8 Å². The van der Waals surface area contributed by atoms with Gasteiger partial charge in [0.1, 0.15) is 11.8 Å². The van der Waals surface area contributed by atoms with Gasteiger partial charge in [-0.25, -0.2) is 0 Å². The van der Waals surface area contributed by atoms with E-state index in [2.05, 4.69) is 15.4 Å². The molecule has 1 aliphatic rings. The summed E-state index contributed by atoms with van der Waals surface area (Å²) in [5.74, 6) is -0.273. The van der Waals surface area contributed by atoms with Crippen molar-refractivity contribution in [2.24, 2.45) is 0 Å². The summed E-state index contributed by atoms with van der Waals surface area (Å²) < 4.78 is 33.9. The van der Waals surface area contributed by atoms with E-state index >= 15 is 0 Å². The number of nitrogens with one attached hydrogen (secondary N) is 2. The second-order valence-corrected chi connectivity index (χ2v) is 4.40. The predicted molar refractivity (Wildman–Crippen MR) is 68.9 cm³/mol. The highest BCUT2D eigenvalue weighted by Gasteiger charge is 2.28. The summed E-state index contributed by atoms with van der Waals surface area (Å²) in [4.78, 5) is 12.1. The molecule has 0 bridgehead atoms. The summed E-state index contributed by atoms with van der Waals surface area (Å²) in [7, 11) is 0. The second kappa shape index (κ2) is 6.62. The van der Waals surface area contributed by atoms with Crippen LogP contribution in [0, 0.1) is 0 Å². The Morgan fingerprint density at radius 1 is 1.55 bits per heavy atom. The number of halogens is 2. The molecule has 7 heteroatoms. The molecule has 1 saturated heterocycles. The summed E-state index contributed by atoms with van der Waals surface area (Å²) in [6.45, 7) is 0.0567. The Kier molecular flexibility index (Phi) is 4.86. The molecule has 110 valence electrons. The van der Waals surface area contributed by atoms with Crippen LogP contribution in [0.4, 0.5) is 14.5 Å². The normalized spacial score (nSPS) is 22.6. The highest BCUT2D eigenvalue weighted by atomic mass is 19.3. The molecule has 1 aromatic carbocycles. The fraction of sp³-hybridized carbons (Fsp3) is 0.462. The summed E-state index contributed by atoms with van der Waals surface area (Å²) >= 11 is 0. The molecule has 0 radical (unpaired) electrons. The molecule has 1 amide bonds. The first-order chi connectivity index (χ1) is 9.56. The van der Waals surface area contributed by atoms with Crippen molar-refractivity contribution in [3.63, 3.8) is 0 Å². The number of carbonyl (C=O) groups excluding carboxylic acids is 1. The number of benzene rings is 1. The monoisotopic (exact) mass is 286 g/mol. The van der Waals surface area contributed by atoms with Gasteiger partial charge in [0, 0.05) is 18.3 Å². The topological polar surface area (TPSA) is 59.6 Å². The van der Waals surface area contributed by atoms with Crippen LogP contribution in [0.5, 0.6) is 5.75 Å². The Morgan fingerprint density at radius 2 is 2.35 bits per heavy atom. The van der Waals surface area contributed by atoms with Gasteiger partial charge in [-0.1, -0.05) is 6.07 Å². The van der Waals surface area contributed by atoms with E-state index in [-0.39, 0.29) is 17.8 Å². The van der Waals surface area contributed by atoms with Gasteiger partial charge in [0.15, 0.2) is 0 Å². The van der Waals surface area contributed by atoms with Crippen LogP contribution in [0.25, 0.3) is 0 Å². The molecule has 1 fully saturated rings. The number of amides is 1. The number of rotatable bonds is 4. The SMILES string of the molecule is C[C@H]1OCCN[C@@H]1C(=O)Nc1cccc(OC(F)F)c1. The first kappa shape index (κ1) is 14.7. The van der Waals surface area contributed by atoms with Crippen LogP contribution in [0.2, 0.25) is 0 Å². The number of morpholine rings is 1. The maximum absolute atomic E-state index is 12.1. The molecule has 2 N–H and O–H groups in total. The zero-order chi connectivity index (χ0) is 14.5.